The van der Waals surface area contributed by atoms with Crippen molar-refractivity contribution in [2.24, 2.45) is 5.92 Å². The molecule has 6 heteroatoms. The summed E-state index contributed by atoms with van der Waals surface area (Å²) in [5.74, 6) is 0.152. The predicted molar refractivity (Wildman–Crippen MR) is 82.7 cm³/mol. The Morgan fingerprint density at radius 3 is 2.74 bits per heavy atom. The summed E-state index contributed by atoms with van der Waals surface area (Å²) in [6.45, 7) is 0.457. The van der Waals surface area contributed by atoms with Gasteiger partial charge in [0.25, 0.3) is 5.69 Å². The molecule has 0 spiro atoms. The van der Waals surface area contributed by atoms with Crippen LogP contribution < -0.4 is 0 Å². The average Bonchev–Trinajstić information content (AvgIpc) is 3.17. The molecule has 3 aliphatic rings. The number of nitro benzene ring substituents is 1. The molecule has 6 nitrogen and oxygen atoms in total. The number of ether oxygens (including phenoxy) is 1. The number of carbonyl (C=O) groups is 1. The summed E-state index contributed by atoms with van der Waals surface area (Å²) < 4.78 is 5.82. The molecule has 3 atom stereocenters. The van der Waals surface area contributed by atoms with Crippen LogP contribution in [-0.4, -0.2) is 34.0 Å². The van der Waals surface area contributed by atoms with Crippen molar-refractivity contribution in [2.75, 3.05) is 0 Å². The summed E-state index contributed by atoms with van der Waals surface area (Å²) >= 11 is 0. The Hall–Kier alpha value is -1.95. The first-order valence-corrected chi connectivity index (χ1v) is 8.31. The molecule has 2 aliphatic heterocycles. The van der Waals surface area contributed by atoms with Crippen molar-refractivity contribution >= 4 is 11.6 Å². The summed E-state index contributed by atoms with van der Waals surface area (Å²) in [6, 6.07) is 6.88. The smallest absolute Gasteiger partial charge is 0.269 e. The number of carbonyl (C=O) groups excluding carboxylic acids is 1. The number of fused-ring (bicyclic) bond motifs is 2. The van der Waals surface area contributed by atoms with Gasteiger partial charge in [0.15, 0.2) is 0 Å². The SMILES string of the molecule is O=C([C@H]1C[C@H]2CC[C@H]1O2)N(Cc1cccc([N+](=O)[O-])c1)C1CC1. The highest BCUT2D eigenvalue weighted by Crippen LogP contribution is 2.41. The molecule has 2 heterocycles. The highest BCUT2D eigenvalue weighted by Gasteiger charge is 2.47. The Bertz CT molecular complexity index is 643. The highest BCUT2D eigenvalue weighted by molar-refractivity contribution is 5.80. The molecule has 1 aromatic rings. The van der Waals surface area contributed by atoms with Crippen molar-refractivity contribution in [1.29, 1.82) is 0 Å². The molecule has 3 fully saturated rings. The number of amides is 1. The van der Waals surface area contributed by atoms with Crippen LogP contribution in [0.5, 0.6) is 0 Å². The van der Waals surface area contributed by atoms with E-state index in [-0.39, 0.29) is 29.7 Å². The number of hydrogen-bond donors (Lipinski definition) is 0. The average molecular weight is 316 g/mol. The summed E-state index contributed by atoms with van der Waals surface area (Å²) in [5.41, 5.74) is 0.900. The first kappa shape index (κ1) is 14.6. The molecule has 1 aliphatic carbocycles. The summed E-state index contributed by atoms with van der Waals surface area (Å²) in [7, 11) is 0. The van der Waals surface area contributed by atoms with Crippen LogP contribution in [0.25, 0.3) is 0 Å². The van der Waals surface area contributed by atoms with Gasteiger partial charge in [-0.25, -0.2) is 0 Å². The Morgan fingerprint density at radius 1 is 1.30 bits per heavy atom. The van der Waals surface area contributed by atoms with E-state index < -0.39 is 4.92 Å². The maximum Gasteiger partial charge on any atom is 0.269 e. The van der Waals surface area contributed by atoms with Gasteiger partial charge in [-0.2, -0.15) is 0 Å². The van der Waals surface area contributed by atoms with Gasteiger partial charge in [-0.05, 0) is 37.7 Å². The number of benzene rings is 1. The molecule has 1 aromatic carbocycles. The molecule has 1 amide bonds. The third kappa shape index (κ3) is 2.83. The lowest BCUT2D eigenvalue weighted by molar-refractivity contribution is -0.384. The number of non-ortho nitro benzene ring substituents is 1. The third-order valence-corrected chi connectivity index (χ3v) is 5.17. The largest absolute Gasteiger partial charge is 0.374 e. The zero-order chi connectivity index (χ0) is 16.0. The number of hydrogen-bond acceptors (Lipinski definition) is 4. The van der Waals surface area contributed by atoms with Crippen molar-refractivity contribution in [3.05, 3.63) is 39.9 Å². The number of nitro groups is 1. The molecule has 0 aromatic heterocycles. The maximum absolute atomic E-state index is 13.0. The van der Waals surface area contributed by atoms with Crippen molar-refractivity contribution in [3.63, 3.8) is 0 Å². The lowest BCUT2D eigenvalue weighted by atomic mass is 9.88. The zero-order valence-corrected chi connectivity index (χ0v) is 12.9. The van der Waals surface area contributed by atoms with Crippen LogP contribution in [0.15, 0.2) is 24.3 Å². The van der Waals surface area contributed by atoms with Crippen LogP contribution >= 0.6 is 0 Å². The molecular weight excluding hydrogens is 296 g/mol. The molecule has 1 saturated carbocycles. The Kier molecular flexibility index (Phi) is 3.56. The second-order valence-electron chi connectivity index (χ2n) is 6.84. The van der Waals surface area contributed by atoms with E-state index in [1.54, 1.807) is 12.1 Å². The van der Waals surface area contributed by atoms with Gasteiger partial charge in [-0.1, -0.05) is 12.1 Å². The van der Waals surface area contributed by atoms with Crippen molar-refractivity contribution in [1.82, 2.24) is 4.90 Å². The number of nitrogens with zero attached hydrogens (tertiary/aromatic N) is 2. The normalized spacial score (nSPS) is 28.8. The number of rotatable bonds is 5. The van der Waals surface area contributed by atoms with E-state index in [1.807, 2.05) is 11.0 Å². The van der Waals surface area contributed by atoms with Gasteiger partial charge in [0, 0.05) is 24.7 Å². The molecule has 0 N–H and O–H groups in total. The zero-order valence-electron chi connectivity index (χ0n) is 12.9. The van der Waals surface area contributed by atoms with E-state index in [2.05, 4.69) is 0 Å². The van der Waals surface area contributed by atoms with E-state index in [4.69, 9.17) is 4.74 Å². The lowest BCUT2D eigenvalue weighted by Crippen LogP contribution is -2.40. The molecular formula is C17H20N2O4. The van der Waals surface area contributed by atoms with Gasteiger partial charge in [0.05, 0.1) is 23.0 Å². The van der Waals surface area contributed by atoms with Crippen molar-refractivity contribution in [2.45, 2.75) is 56.9 Å². The van der Waals surface area contributed by atoms with E-state index in [1.165, 1.54) is 6.07 Å². The second-order valence-corrected chi connectivity index (χ2v) is 6.84. The minimum Gasteiger partial charge on any atom is -0.374 e. The van der Waals surface area contributed by atoms with E-state index in [0.717, 1.165) is 37.7 Å². The van der Waals surface area contributed by atoms with Crippen LogP contribution in [-0.2, 0) is 16.1 Å². The van der Waals surface area contributed by atoms with Gasteiger partial charge in [-0.3, -0.25) is 14.9 Å². The van der Waals surface area contributed by atoms with Gasteiger partial charge >= 0.3 is 0 Å². The highest BCUT2D eigenvalue weighted by atomic mass is 16.6. The quantitative estimate of drug-likeness (QED) is 0.618. The third-order valence-electron chi connectivity index (χ3n) is 5.17. The van der Waals surface area contributed by atoms with Gasteiger partial charge in [-0.15, -0.1) is 0 Å². The van der Waals surface area contributed by atoms with E-state index in [9.17, 15) is 14.9 Å². The van der Waals surface area contributed by atoms with Crippen LogP contribution in [0.2, 0.25) is 0 Å². The van der Waals surface area contributed by atoms with Gasteiger partial charge in [0.1, 0.15) is 0 Å². The molecule has 122 valence electrons. The molecule has 2 saturated heterocycles. The monoisotopic (exact) mass is 316 g/mol. The maximum atomic E-state index is 13.0. The van der Waals surface area contributed by atoms with Gasteiger partial charge < -0.3 is 9.64 Å². The first-order valence-electron chi connectivity index (χ1n) is 8.31. The molecule has 23 heavy (non-hydrogen) atoms. The fraction of sp³-hybridized carbons (Fsp3) is 0.588. The predicted octanol–water partition coefficient (Wildman–Crippen LogP) is 2.65. The standard InChI is InChI=1S/C17H20N2O4/c20-17(15-9-14-6-7-16(15)23-14)18(12-4-5-12)10-11-2-1-3-13(8-11)19(21)22/h1-3,8,12,14-16H,4-7,9-10H2/t14-,15+,16-/m1/s1. The Morgan fingerprint density at radius 2 is 2.13 bits per heavy atom. The van der Waals surface area contributed by atoms with Crippen molar-refractivity contribution in [3.8, 4) is 0 Å². The Balaban J connectivity index is 1.51. The first-order chi connectivity index (χ1) is 11.1. The van der Waals surface area contributed by atoms with Crippen LogP contribution in [0.4, 0.5) is 5.69 Å². The summed E-state index contributed by atoms with van der Waals surface area (Å²) in [5, 5.41) is 10.9. The minimum absolute atomic E-state index is 0.0203. The molecule has 0 radical (unpaired) electrons. The molecule has 2 bridgehead atoms. The minimum atomic E-state index is -0.392. The van der Waals surface area contributed by atoms with Crippen LogP contribution in [0.3, 0.4) is 0 Å². The van der Waals surface area contributed by atoms with E-state index in [0.29, 0.717) is 12.6 Å². The molecule has 0 unspecified atom stereocenters. The van der Waals surface area contributed by atoms with Crippen LogP contribution in [0, 0.1) is 16.0 Å². The molecule has 4 rings (SSSR count). The fourth-order valence-electron chi connectivity index (χ4n) is 3.85. The van der Waals surface area contributed by atoms with Crippen LogP contribution in [0.1, 0.15) is 37.7 Å². The summed E-state index contributed by atoms with van der Waals surface area (Å²) in [6.07, 6.45) is 5.29. The van der Waals surface area contributed by atoms with Gasteiger partial charge in [0.2, 0.25) is 5.91 Å². The fourth-order valence-corrected chi connectivity index (χ4v) is 3.85. The summed E-state index contributed by atoms with van der Waals surface area (Å²) in [4.78, 5) is 25.4. The topological polar surface area (TPSA) is 72.7 Å². The lowest BCUT2D eigenvalue weighted by Gasteiger charge is -2.28. The Labute approximate surface area is 134 Å². The van der Waals surface area contributed by atoms with Crippen molar-refractivity contribution < 1.29 is 14.5 Å². The van der Waals surface area contributed by atoms with E-state index >= 15 is 0 Å². The second kappa shape index (κ2) is 5.60.